The number of aromatic nitrogens is 2. The van der Waals surface area contributed by atoms with Crippen molar-refractivity contribution < 1.29 is 5.11 Å². The number of aliphatic hydroxyl groups is 1. The van der Waals surface area contributed by atoms with E-state index in [9.17, 15) is 5.11 Å². The zero-order valence-electron chi connectivity index (χ0n) is 15.6. The zero-order chi connectivity index (χ0) is 17.6. The molecule has 0 saturated carbocycles. The van der Waals surface area contributed by atoms with Crippen LogP contribution in [0.5, 0.6) is 0 Å². The number of aliphatic hydroxyl groups excluding tert-OH is 1. The van der Waals surface area contributed by atoms with Crippen molar-refractivity contribution in [3.8, 4) is 0 Å². The molecule has 3 unspecified atom stereocenters. The first kappa shape index (κ1) is 18.8. The number of imidazole rings is 1. The molecule has 136 valence electrons. The molecule has 24 heavy (non-hydrogen) atoms. The minimum atomic E-state index is -0.145. The van der Waals surface area contributed by atoms with Crippen molar-refractivity contribution in [3.63, 3.8) is 0 Å². The second-order valence-corrected chi connectivity index (χ2v) is 7.28. The fraction of sp³-hybridized carbons (Fsp3) is 0.778. The first-order valence-electron chi connectivity index (χ1n) is 9.14. The number of rotatable bonds is 6. The zero-order valence-corrected chi connectivity index (χ0v) is 15.6. The minimum Gasteiger partial charge on any atom is -0.396 e. The topological polar surface area (TPSA) is 65.7 Å². The van der Waals surface area contributed by atoms with Gasteiger partial charge in [-0.05, 0) is 25.7 Å². The van der Waals surface area contributed by atoms with E-state index in [1.54, 1.807) is 0 Å². The quantitative estimate of drug-likeness (QED) is 0.617. The van der Waals surface area contributed by atoms with Gasteiger partial charge in [0.2, 0.25) is 0 Å². The Hall–Kier alpha value is -1.56. The lowest BCUT2D eigenvalue weighted by Crippen LogP contribution is -2.49. The highest BCUT2D eigenvalue weighted by atomic mass is 16.3. The van der Waals surface area contributed by atoms with Crippen LogP contribution >= 0.6 is 0 Å². The van der Waals surface area contributed by atoms with Crippen molar-refractivity contribution in [2.45, 2.75) is 46.6 Å². The summed E-state index contributed by atoms with van der Waals surface area (Å²) >= 11 is 0. The molecule has 2 N–H and O–H groups in total. The number of hydrogen-bond acceptors (Lipinski definition) is 3. The van der Waals surface area contributed by atoms with E-state index >= 15 is 0 Å². The molecule has 2 rings (SSSR count). The fourth-order valence-corrected chi connectivity index (χ4v) is 3.06. The van der Waals surface area contributed by atoms with Crippen LogP contribution in [0.4, 0.5) is 0 Å². The minimum absolute atomic E-state index is 0.145. The van der Waals surface area contributed by atoms with Gasteiger partial charge in [-0.2, -0.15) is 0 Å². The summed E-state index contributed by atoms with van der Waals surface area (Å²) in [5.74, 6) is 1.58. The average Bonchev–Trinajstić information content (AvgIpc) is 3.13. The van der Waals surface area contributed by atoms with E-state index in [2.05, 4.69) is 53.7 Å². The van der Waals surface area contributed by atoms with Crippen molar-refractivity contribution in [3.05, 3.63) is 18.7 Å². The molecule has 0 aromatic carbocycles. The number of nitrogens with zero attached hydrogens (tertiary/aromatic N) is 4. The van der Waals surface area contributed by atoms with Crippen molar-refractivity contribution >= 4 is 5.96 Å². The Kier molecular flexibility index (Phi) is 6.66. The molecule has 6 heteroatoms. The summed E-state index contributed by atoms with van der Waals surface area (Å²) in [5.41, 5.74) is -0.145. The van der Waals surface area contributed by atoms with Gasteiger partial charge in [0, 0.05) is 37.4 Å². The number of guanidine groups is 1. The molecule has 0 spiro atoms. The van der Waals surface area contributed by atoms with Gasteiger partial charge in [0.1, 0.15) is 0 Å². The van der Waals surface area contributed by atoms with E-state index in [1.165, 1.54) is 0 Å². The Balaban J connectivity index is 2.12. The molecule has 0 amide bonds. The standard InChI is InChI=1S/C18H33N5O/c1-5-18(4,13-24)12-21-17(20-6-2)22-9-7-15(3)16(11-22)23-10-8-19-14-23/h8,10,14-16,24H,5-7,9,11-13H2,1-4H3,(H,20,21). The van der Waals surface area contributed by atoms with Gasteiger partial charge in [-0.1, -0.05) is 20.8 Å². The van der Waals surface area contributed by atoms with E-state index < -0.39 is 0 Å². The maximum atomic E-state index is 9.63. The molecule has 1 aliphatic rings. The van der Waals surface area contributed by atoms with Crippen LogP contribution in [0.3, 0.4) is 0 Å². The number of likely N-dealkylation sites (tertiary alicyclic amines) is 1. The van der Waals surface area contributed by atoms with Crippen LogP contribution in [0.2, 0.25) is 0 Å². The van der Waals surface area contributed by atoms with Gasteiger partial charge >= 0.3 is 0 Å². The molecule has 2 heterocycles. The molecule has 1 fully saturated rings. The molecule has 0 radical (unpaired) electrons. The van der Waals surface area contributed by atoms with Crippen molar-refractivity contribution in [1.29, 1.82) is 0 Å². The summed E-state index contributed by atoms with van der Waals surface area (Å²) in [5, 5.41) is 13.0. The van der Waals surface area contributed by atoms with Crippen LogP contribution in [-0.2, 0) is 0 Å². The molecule has 1 aromatic rings. The van der Waals surface area contributed by atoms with E-state index in [1.807, 2.05) is 12.5 Å². The highest BCUT2D eigenvalue weighted by Crippen LogP contribution is 2.27. The Morgan fingerprint density at radius 2 is 2.25 bits per heavy atom. The maximum Gasteiger partial charge on any atom is 0.194 e. The average molecular weight is 335 g/mol. The number of aliphatic imine (C=N–C) groups is 1. The Bertz CT molecular complexity index is 509. The second kappa shape index (κ2) is 8.51. The largest absolute Gasteiger partial charge is 0.396 e. The van der Waals surface area contributed by atoms with Crippen molar-refractivity contribution in [2.24, 2.45) is 16.3 Å². The van der Waals surface area contributed by atoms with Crippen LogP contribution < -0.4 is 5.32 Å². The SMILES string of the molecule is CCNC(=NCC(C)(CC)CO)N1CCC(C)C(n2ccnc2)C1. The first-order valence-corrected chi connectivity index (χ1v) is 9.14. The lowest BCUT2D eigenvalue weighted by atomic mass is 9.89. The Morgan fingerprint density at radius 1 is 1.46 bits per heavy atom. The second-order valence-electron chi connectivity index (χ2n) is 7.28. The van der Waals surface area contributed by atoms with E-state index in [0.29, 0.717) is 18.5 Å². The van der Waals surface area contributed by atoms with Crippen molar-refractivity contribution in [1.82, 2.24) is 19.8 Å². The summed E-state index contributed by atoms with van der Waals surface area (Å²) in [6, 6.07) is 0.417. The van der Waals surface area contributed by atoms with Crippen LogP contribution in [0.25, 0.3) is 0 Å². The molecule has 1 aliphatic heterocycles. The third kappa shape index (κ3) is 4.50. The van der Waals surface area contributed by atoms with Crippen LogP contribution in [0.15, 0.2) is 23.7 Å². The molecule has 0 aliphatic carbocycles. The summed E-state index contributed by atoms with van der Waals surface area (Å²) in [7, 11) is 0. The summed E-state index contributed by atoms with van der Waals surface area (Å²) in [6.07, 6.45) is 7.86. The molecule has 1 saturated heterocycles. The number of piperidine rings is 1. The van der Waals surface area contributed by atoms with E-state index in [-0.39, 0.29) is 12.0 Å². The van der Waals surface area contributed by atoms with Gasteiger partial charge in [-0.15, -0.1) is 0 Å². The van der Waals surface area contributed by atoms with Gasteiger partial charge in [0.05, 0.1) is 25.5 Å². The van der Waals surface area contributed by atoms with Crippen LogP contribution in [-0.4, -0.2) is 58.3 Å². The lowest BCUT2D eigenvalue weighted by Gasteiger charge is -2.39. The normalized spacial score (nSPS) is 24.7. The van der Waals surface area contributed by atoms with Gasteiger partial charge in [0.25, 0.3) is 0 Å². The Morgan fingerprint density at radius 3 is 2.83 bits per heavy atom. The Labute approximate surface area is 146 Å². The maximum absolute atomic E-state index is 9.63. The monoisotopic (exact) mass is 335 g/mol. The number of hydrogen-bond donors (Lipinski definition) is 2. The first-order chi connectivity index (χ1) is 11.5. The smallest absolute Gasteiger partial charge is 0.194 e. The predicted molar refractivity (Wildman–Crippen MR) is 98.1 cm³/mol. The van der Waals surface area contributed by atoms with Crippen molar-refractivity contribution in [2.75, 3.05) is 32.8 Å². The molecule has 6 nitrogen and oxygen atoms in total. The van der Waals surface area contributed by atoms with Gasteiger partial charge in [0.15, 0.2) is 5.96 Å². The highest BCUT2D eigenvalue weighted by Gasteiger charge is 2.29. The van der Waals surface area contributed by atoms with Crippen LogP contribution in [0, 0.1) is 11.3 Å². The molecular weight excluding hydrogens is 302 g/mol. The van der Waals surface area contributed by atoms with Gasteiger partial charge in [-0.3, -0.25) is 4.99 Å². The summed E-state index contributed by atoms with van der Waals surface area (Å²) in [4.78, 5) is 11.4. The van der Waals surface area contributed by atoms with E-state index in [4.69, 9.17) is 4.99 Å². The fourth-order valence-electron chi connectivity index (χ4n) is 3.06. The molecule has 3 atom stereocenters. The molecular formula is C18H33N5O. The highest BCUT2D eigenvalue weighted by molar-refractivity contribution is 5.80. The van der Waals surface area contributed by atoms with Crippen LogP contribution in [0.1, 0.15) is 46.6 Å². The number of nitrogens with one attached hydrogen (secondary N) is 1. The third-order valence-electron chi connectivity index (χ3n) is 5.31. The van der Waals surface area contributed by atoms with Gasteiger partial charge in [-0.25, -0.2) is 4.98 Å². The molecule has 0 bridgehead atoms. The summed E-state index contributed by atoms with van der Waals surface area (Å²) < 4.78 is 2.21. The molecule has 1 aromatic heterocycles. The third-order valence-corrected chi connectivity index (χ3v) is 5.31. The predicted octanol–water partition coefficient (Wildman–Crippen LogP) is 2.14. The van der Waals surface area contributed by atoms with Gasteiger partial charge < -0.3 is 19.9 Å². The lowest BCUT2D eigenvalue weighted by molar-refractivity contribution is 0.144. The van der Waals surface area contributed by atoms with E-state index in [0.717, 1.165) is 38.4 Å². The summed E-state index contributed by atoms with van der Waals surface area (Å²) in [6.45, 7) is 12.2.